The lowest BCUT2D eigenvalue weighted by Crippen LogP contribution is -2.54. The summed E-state index contributed by atoms with van der Waals surface area (Å²) in [7, 11) is 3.05. The number of thioether (sulfide) groups is 1. The first-order chi connectivity index (χ1) is 9.69. The van der Waals surface area contributed by atoms with Gasteiger partial charge in [0.05, 0.1) is 7.11 Å². The number of carbonyl (C=O) groups is 1. The average Bonchev–Trinajstić information content (AvgIpc) is 2.68. The fourth-order valence-electron chi connectivity index (χ4n) is 2.30. The molecule has 0 bridgehead atoms. The van der Waals surface area contributed by atoms with Crippen molar-refractivity contribution in [3.05, 3.63) is 10.5 Å². The lowest BCUT2D eigenvalue weighted by atomic mass is 9.95. The van der Waals surface area contributed by atoms with Gasteiger partial charge in [-0.05, 0) is 27.2 Å². The minimum atomic E-state index is -0.773. The van der Waals surface area contributed by atoms with Crippen molar-refractivity contribution in [1.29, 1.82) is 0 Å². The van der Waals surface area contributed by atoms with Gasteiger partial charge in [0, 0.05) is 18.3 Å². The van der Waals surface area contributed by atoms with Crippen LogP contribution in [0.2, 0.25) is 0 Å². The lowest BCUT2D eigenvalue weighted by molar-refractivity contribution is -0.148. The molecule has 120 valence electrons. The molecule has 0 saturated heterocycles. The van der Waals surface area contributed by atoms with Crippen LogP contribution in [0.3, 0.4) is 0 Å². The molecular formula is C13H24N4O3S. The molecule has 0 radical (unpaired) electrons. The Morgan fingerprint density at radius 3 is 2.57 bits per heavy atom. The second kappa shape index (κ2) is 7.13. The lowest BCUT2D eigenvalue weighted by Gasteiger charge is -2.32. The van der Waals surface area contributed by atoms with E-state index in [0.29, 0.717) is 11.6 Å². The SMILES string of the molecule is COC(=O)C(C)(CC(C)Sc1n[nH]c(=O)n1C)NC(C)C. The first-order valence-corrected chi connectivity index (χ1v) is 7.71. The number of aromatic amines is 1. The number of ether oxygens (including phenoxy) is 1. The second-order valence-corrected chi connectivity index (χ2v) is 7.03. The number of methoxy groups -OCH3 is 1. The molecule has 0 aliphatic heterocycles. The number of aromatic nitrogens is 3. The number of hydrogen-bond donors (Lipinski definition) is 2. The topological polar surface area (TPSA) is 89.0 Å². The number of carbonyl (C=O) groups excluding carboxylic acids is 1. The summed E-state index contributed by atoms with van der Waals surface area (Å²) in [5.41, 5.74) is -1.02. The third-order valence-electron chi connectivity index (χ3n) is 3.08. The highest BCUT2D eigenvalue weighted by Crippen LogP contribution is 2.27. The molecule has 7 nitrogen and oxygen atoms in total. The molecule has 0 aromatic carbocycles. The van der Waals surface area contributed by atoms with Crippen molar-refractivity contribution in [1.82, 2.24) is 20.1 Å². The first kappa shape index (κ1) is 17.8. The molecule has 0 fully saturated rings. The number of esters is 1. The number of hydrogen-bond acceptors (Lipinski definition) is 6. The van der Waals surface area contributed by atoms with Crippen molar-refractivity contribution in [2.75, 3.05) is 7.11 Å². The summed E-state index contributed by atoms with van der Waals surface area (Å²) in [6.07, 6.45) is 0.559. The van der Waals surface area contributed by atoms with Crippen molar-refractivity contribution in [2.45, 2.75) is 56.1 Å². The van der Waals surface area contributed by atoms with Crippen LogP contribution in [0.1, 0.15) is 34.1 Å². The molecule has 1 rings (SSSR count). The van der Waals surface area contributed by atoms with E-state index in [1.54, 1.807) is 7.05 Å². The maximum absolute atomic E-state index is 12.1. The molecule has 0 spiro atoms. The summed E-state index contributed by atoms with van der Waals surface area (Å²) < 4.78 is 6.36. The van der Waals surface area contributed by atoms with E-state index in [4.69, 9.17) is 4.74 Å². The smallest absolute Gasteiger partial charge is 0.343 e. The van der Waals surface area contributed by atoms with Crippen LogP contribution < -0.4 is 11.0 Å². The average molecular weight is 316 g/mol. The van der Waals surface area contributed by atoms with Gasteiger partial charge in [-0.2, -0.15) is 0 Å². The molecule has 8 heteroatoms. The number of H-pyrrole nitrogens is 1. The van der Waals surface area contributed by atoms with Crippen LogP contribution in [0.15, 0.2) is 9.95 Å². The monoisotopic (exact) mass is 316 g/mol. The second-order valence-electron chi connectivity index (χ2n) is 5.63. The summed E-state index contributed by atoms with van der Waals surface area (Å²) in [6, 6.07) is 0.154. The Kier molecular flexibility index (Phi) is 6.03. The van der Waals surface area contributed by atoms with E-state index in [9.17, 15) is 9.59 Å². The van der Waals surface area contributed by atoms with E-state index in [1.165, 1.54) is 23.4 Å². The highest BCUT2D eigenvalue weighted by molar-refractivity contribution is 7.99. The standard InChI is InChI=1S/C13H24N4O3S/c1-8(2)14-13(4,10(18)20-6)7-9(3)21-12-16-15-11(19)17(12)5/h8-9,14H,7H2,1-6H3,(H,15,19). The molecule has 0 aliphatic carbocycles. The van der Waals surface area contributed by atoms with Crippen LogP contribution >= 0.6 is 11.8 Å². The quantitative estimate of drug-likeness (QED) is 0.574. The van der Waals surface area contributed by atoms with E-state index < -0.39 is 5.54 Å². The number of nitrogens with one attached hydrogen (secondary N) is 2. The molecule has 2 unspecified atom stereocenters. The van der Waals surface area contributed by atoms with Crippen molar-refractivity contribution in [2.24, 2.45) is 7.05 Å². The summed E-state index contributed by atoms with van der Waals surface area (Å²) in [5.74, 6) is -0.292. The van der Waals surface area contributed by atoms with Crippen LogP contribution in [0.25, 0.3) is 0 Å². The van der Waals surface area contributed by atoms with E-state index in [2.05, 4.69) is 15.5 Å². The van der Waals surface area contributed by atoms with E-state index in [-0.39, 0.29) is 23.0 Å². The normalized spacial score (nSPS) is 15.8. The maximum Gasteiger partial charge on any atom is 0.343 e. The van der Waals surface area contributed by atoms with E-state index >= 15 is 0 Å². The zero-order chi connectivity index (χ0) is 16.2. The molecule has 2 atom stereocenters. The van der Waals surface area contributed by atoms with Gasteiger partial charge in [0.15, 0.2) is 5.16 Å². The Morgan fingerprint density at radius 2 is 2.14 bits per heavy atom. The fourth-order valence-corrected chi connectivity index (χ4v) is 3.41. The number of rotatable bonds is 7. The molecule has 2 N–H and O–H groups in total. The minimum Gasteiger partial charge on any atom is -0.468 e. The highest BCUT2D eigenvalue weighted by atomic mass is 32.2. The van der Waals surface area contributed by atoms with Gasteiger partial charge in [-0.1, -0.05) is 18.7 Å². The van der Waals surface area contributed by atoms with Gasteiger partial charge in [0.2, 0.25) is 0 Å². The van der Waals surface area contributed by atoms with Gasteiger partial charge in [0.1, 0.15) is 5.54 Å². The van der Waals surface area contributed by atoms with E-state index in [1.807, 2.05) is 27.7 Å². The summed E-state index contributed by atoms with van der Waals surface area (Å²) in [6.45, 7) is 7.79. The highest BCUT2D eigenvalue weighted by Gasteiger charge is 2.36. The molecular weight excluding hydrogens is 292 g/mol. The van der Waals surface area contributed by atoms with Crippen LogP contribution in [0, 0.1) is 0 Å². The van der Waals surface area contributed by atoms with Crippen LogP contribution in [0.4, 0.5) is 0 Å². The summed E-state index contributed by atoms with van der Waals surface area (Å²) in [5, 5.41) is 10.3. The van der Waals surface area contributed by atoms with Gasteiger partial charge in [-0.25, -0.2) is 9.89 Å². The third-order valence-corrected chi connectivity index (χ3v) is 4.23. The van der Waals surface area contributed by atoms with Gasteiger partial charge in [0.25, 0.3) is 0 Å². The minimum absolute atomic E-state index is 0.0780. The van der Waals surface area contributed by atoms with Gasteiger partial charge in [-0.3, -0.25) is 14.7 Å². The van der Waals surface area contributed by atoms with Crippen molar-refractivity contribution in [3.63, 3.8) is 0 Å². The Labute approximate surface area is 128 Å². The molecule has 0 saturated carbocycles. The van der Waals surface area contributed by atoms with Gasteiger partial charge < -0.3 is 4.74 Å². The first-order valence-electron chi connectivity index (χ1n) is 6.83. The summed E-state index contributed by atoms with van der Waals surface area (Å²) >= 11 is 1.45. The fraction of sp³-hybridized carbons (Fsp3) is 0.769. The molecule has 0 aliphatic rings. The van der Waals surface area contributed by atoms with Crippen molar-refractivity contribution in [3.8, 4) is 0 Å². The van der Waals surface area contributed by atoms with E-state index in [0.717, 1.165) is 0 Å². The third kappa shape index (κ3) is 4.60. The molecule has 0 amide bonds. The van der Waals surface area contributed by atoms with Gasteiger partial charge in [-0.15, -0.1) is 5.10 Å². The van der Waals surface area contributed by atoms with Gasteiger partial charge >= 0.3 is 11.7 Å². The van der Waals surface area contributed by atoms with Crippen molar-refractivity contribution >= 4 is 17.7 Å². The Morgan fingerprint density at radius 1 is 1.52 bits per heavy atom. The Bertz CT molecular complexity index is 540. The predicted octanol–water partition coefficient (Wildman–Crippen LogP) is 0.909. The molecule has 21 heavy (non-hydrogen) atoms. The maximum atomic E-state index is 12.1. The predicted molar refractivity (Wildman–Crippen MR) is 82.5 cm³/mol. The number of nitrogens with zero attached hydrogens (tertiary/aromatic N) is 2. The Balaban J connectivity index is 2.81. The van der Waals surface area contributed by atoms with Crippen LogP contribution in [-0.4, -0.2) is 44.7 Å². The van der Waals surface area contributed by atoms with Crippen LogP contribution in [0.5, 0.6) is 0 Å². The zero-order valence-corrected chi connectivity index (χ0v) is 14.2. The van der Waals surface area contributed by atoms with Crippen molar-refractivity contribution < 1.29 is 9.53 Å². The Hall–Kier alpha value is -1.28. The van der Waals surface area contributed by atoms with Crippen LogP contribution in [-0.2, 0) is 16.6 Å². The molecule has 1 heterocycles. The zero-order valence-electron chi connectivity index (χ0n) is 13.4. The largest absolute Gasteiger partial charge is 0.468 e. The summed E-state index contributed by atoms with van der Waals surface area (Å²) in [4.78, 5) is 23.4. The molecule has 1 aromatic rings. The molecule has 1 aromatic heterocycles.